The zero-order valence-electron chi connectivity index (χ0n) is 17.7. The predicted octanol–water partition coefficient (Wildman–Crippen LogP) is 4.43. The van der Waals surface area contributed by atoms with Gasteiger partial charge in [0, 0.05) is 29.2 Å². The number of aryl methyl sites for hydroxylation is 2. The number of fused-ring (bicyclic) bond motifs is 1. The van der Waals surface area contributed by atoms with Gasteiger partial charge < -0.3 is 9.73 Å². The Kier molecular flexibility index (Phi) is 6.02. The normalized spacial score (nSPS) is 18.1. The molecular formula is C24H29N3O3. The van der Waals surface area contributed by atoms with Crippen LogP contribution in [0.2, 0.25) is 0 Å². The summed E-state index contributed by atoms with van der Waals surface area (Å²) < 4.78 is 5.97. The number of benzene rings is 1. The average molecular weight is 408 g/mol. The summed E-state index contributed by atoms with van der Waals surface area (Å²) in [5.41, 5.74) is 6.79. The van der Waals surface area contributed by atoms with Crippen LogP contribution in [0.5, 0.6) is 0 Å². The van der Waals surface area contributed by atoms with Gasteiger partial charge in [-0.25, -0.2) is 5.43 Å². The number of hydrogen-bond acceptors (Lipinski definition) is 4. The third-order valence-electron chi connectivity index (χ3n) is 6.08. The molecule has 2 aromatic rings. The number of hydrogen-bond donors (Lipinski definition) is 2. The molecule has 1 aromatic carbocycles. The maximum atomic E-state index is 12.8. The lowest BCUT2D eigenvalue weighted by atomic mass is 9.93. The van der Waals surface area contributed by atoms with Crippen molar-refractivity contribution in [1.29, 1.82) is 0 Å². The highest BCUT2D eigenvalue weighted by atomic mass is 16.4. The summed E-state index contributed by atoms with van der Waals surface area (Å²) in [6.07, 6.45) is 8.03. The van der Waals surface area contributed by atoms with Crippen molar-refractivity contribution in [1.82, 2.24) is 10.7 Å². The number of furan rings is 1. The molecule has 6 heteroatoms. The fraction of sp³-hybridized carbons (Fsp3) is 0.458. The second kappa shape index (κ2) is 8.86. The van der Waals surface area contributed by atoms with Gasteiger partial charge >= 0.3 is 0 Å². The summed E-state index contributed by atoms with van der Waals surface area (Å²) in [6, 6.07) is 7.60. The number of nitrogens with zero attached hydrogens (tertiary/aromatic N) is 1. The lowest BCUT2D eigenvalue weighted by molar-refractivity contribution is 0.0896. The molecule has 6 nitrogen and oxygen atoms in total. The summed E-state index contributed by atoms with van der Waals surface area (Å²) in [4.78, 5) is 25.2. The second-order valence-corrected chi connectivity index (χ2v) is 8.38. The van der Waals surface area contributed by atoms with E-state index in [1.807, 2.05) is 26.0 Å². The van der Waals surface area contributed by atoms with Crippen LogP contribution in [0.25, 0.3) is 0 Å². The van der Waals surface area contributed by atoms with Crippen molar-refractivity contribution < 1.29 is 14.0 Å². The lowest BCUT2D eigenvalue weighted by Crippen LogP contribution is -2.36. The molecule has 0 bridgehead atoms. The van der Waals surface area contributed by atoms with Crippen LogP contribution < -0.4 is 10.7 Å². The molecule has 1 heterocycles. The molecule has 0 radical (unpaired) electrons. The van der Waals surface area contributed by atoms with E-state index in [2.05, 4.69) is 15.8 Å². The first-order valence-corrected chi connectivity index (χ1v) is 10.9. The van der Waals surface area contributed by atoms with Gasteiger partial charge in [0.2, 0.25) is 0 Å². The number of nitrogens with one attached hydrogen (secondary N) is 2. The molecule has 0 unspecified atom stereocenters. The first-order valence-electron chi connectivity index (χ1n) is 10.9. The van der Waals surface area contributed by atoms with E-state index in [4.69, 9.17) is 4.42 Å². The highest BCUT2D eigenvalue weighted by molar-refractivity contribution is 6.07. The summed E-state index contributed by atoms with van der Waals surface area (Å²) >= 11 is 0. The Morgan fingerprint density at radius 1 is 0.967 bits per heavy atom. The second-order valence-electron chi connectivity index (χ2n) is 8.38. The minimum atomic E-state index is -0.244. The first-order chi connectivity index (χ1) is 14.5. The van der Waals surface area contributed by atoms with Crippen LogP contribution >= 0.6 is 0 Å². The van der Waals surface area contributed by atoms with E-state index in [1.54, 1.807) is 12.1 Å². The van der Waals surface area contributed by atoms with Crippen molar-refractivity contribution in [2.45, 2.75) is 71.3 Å². The van der Waals surface area contributed by atoms with Crippen molar-refractivity contribution in [3.63, 3.8) is 0 Å². The average Bonchev–Trinajstić information content (AvgIpc) is 3.10. The van der Waals surface area contributed by atoms with Gasteiger partial charge in [-0.2, -0.15) is 5.10 Å². The molecule has 30 heavy (non-hydrogen) atoms. The molecule has 0 atom stereocenters. The van der Waals surface area contributed by atoms with E-state index < -0.39 is 0 Å². The fourth-order valence-electron chi connectivity index (χ4n) is 4.38. The summed E-state index contributed by atoms with van der Waals surface area (Å²) in [7, 11) is 0. The maximum absolute atomic E-state index is 12.8. The SMILES string of the molecule is Cc1ccc(C(=O)N/N=C2\CCCc3oc(C(=O)NC4CCCCC4)c(C)c32)cc1. The smallest absolute Gasteiger partial charge is 0.287 e. The largest absolute Gasteiger partial charge is 0.455 e. The number of carbonyl (C=O) groups is 2. The molecule has 4 rings (SSSR count). The Balaban J connectivity index is 1.51. The van der Waals surface area contributed by atoms with Crippen molar-refractivity contribution in [2.24, 2.45) is 5.10 Å². The number of rotatable bonds is 4. The minimum Gasteiger partial charge on any atom is -0.455 e. The minimum absolute atomic E-state index is 0.142. The van der Waals surface area contributed by atoms with Gasteiger partial charge in [-0.15, -0.1) is 0 Å². The summed E-state index contributed by atoms with van der Waals surface area (Å²) in [5.74, 6) is 0.781. The molecule has 1 fully saturated rings. The molecule has 2 N–H and O–H groups in total. The van der Waals surface area contributed by atoms with Gasteiger partial charge in [0.05, 0.1) is 5.71 Å². The zero-order chi connectivity index (χ0) is 21.1. The van der Waals surface area contributed by atoms with Crippen molar-refractivity contribution >= 4 is 17.5 Å². The molecule has 2 aliphatic rings. The van der Waals surface area contributed by atoms with E-state index in [0.29, 0.717) is 11.3 Å². The van der Waals surface area contributed by atoms with Gasteiger partial charge in [-0.05, 0) is 51.7 Å². The summed E-state index contributed by atoms with van der Waals surface area (Å²) in [5, 5.41) is 7.53. The van der Waals surface area contributed by atoms with Crippen LogP contribution in [-0.4, -0.2) is 23.6 Å². The van der Waals surface area contributed by atoms with Gasteiger partial charge in [0.25, 0.3) is 11.8 Å². The molecule has 1 saturated carbocycles. The van der Waals surface area contributed by atoms with E-state index in [9.17, 15) is 9.59 Å². The Hall–Kier alpha value is -2.89. The molecule has 2 amide bonds. The predicted molar refractivity (Wildman–Crippen MR) is 116 cm³/mol. The Morgan fingerprint density at radius 2 is 1.70 bits per heavy atom. The van der Waals surface area contributed by atoms with Gasteiger partial charge in [0.15, 0.2) is 5.76 Å². The van der Waals surface area contributed by atoms with Crippen LogP contribution in [0.4, 0.5) is 0 Å². The number of hydrazone groups is 1. The highest BCUT2D eigenvalue weighted by Crippen LogP contribution is 2.30. The van der Waals surface area contributed by atoms with Gasteiger partial charge in [-0.3, -0.25) is 9.59 Å². The quantitative estimate of drug-likeness (QED) is 0.736. The van der Waals surface area contributed by atoms with Gasteiger partial charge in [-0.1, -0.05) is 37.0 Å². The van der Waals surface area contributed by atoms with Gasteiger partial charge in [0.1, 0.15) is 5.76 Å². The fourth-order valence-corrected chi connectivity index (χ4v) is 4.38. The molecule has 0 spiro atoms. The third kappa shape index (κ3) is 4.32. The van der Waals surface area contributed by atoms with Crippen LogP contribution in [0.1, 0.15) is 88.3 Å². The maximum Gasteiger partial charge on any atom is 0.287 e. The van der Waals surface area contributed by atoms with E-state index in [0.717, 1.165) is 73.1 Å². The number of carbonyl (C=O) groups excluding carboxylic acids is 2. The van der Waals surface area contributed by atoms with Crippen molar-refractivity contribution in [3.05, 3.63) is 58.0 Å². The van der Waals surface area contributed by atoms with Crippen LogP contribution in [0.3, 0.4) is 0 Å². The molecule has 1 aromatic heterocycles. The molecule has 2 aliphatic carbocycles. The Bertz CT molecular complexity index is 966. The Morgan fingerprint density at radius 3 is 2.43 bits per heavy atom. The zero-order valence-corrected chi connectivity index (χ0v) is 17.7. The summed E-state index contributed by atoms with van der Waals surface area (Å²) in [6.45, 7) is 3.88. The first kappa shape index (κ1) is 20.4. The Labute approximate surface area is 177 Å². The van der Waals surface area contributed by atoms with E-state index >= 15 is 0 Å². The standard InChI is InChI=1S/C24H29N3O3/c1-15-11-13-17(14-12-15)23(28)27-26-19-9-6-10-20-21(19)16(2)22(30-20)24(29)25-18-7-4-3-5-8-18/h11-14,18H,3-10H2,1-2H3,(H,25,29)(H,27,28)/b26-19+. The lowest BCUT2D eigenvalue weighted by Gasteiger charge is -2.22. The molecule has 0 aliphatic heterocycles. The van der Waals surface area contributed by atoms with Crippen LogP contribution in [0, 0.1) is 13.8 Å². The van der Waals surface area contributed by atoms with Crippen LogP contribution in [-0.2, 0) is 6.42 Å². The van der Waals surface area contributed by atoms with E-state index in [-0.39, 0.29) is 17.9 Å². The van der Waals surface area contributed by atoms with Crippen molar-refractivity contribution in [2.75, 3.05) is 0 Å². The molecule has 0 saturated heterocycles. The van der Waals surface area contributed by atoms with Crippen molar-refractivity contribution in [3.8, 4) is 0 Å². The highest BCUT2D eigenvalue weighted by Gasteiger charge is 2.29. The van der Waals surface area contributed by atoms with E-state index in [1.165, 1.54) is 6.42 Å². The van der Waals surface area contributed by atoms with Crippen LogP contribution in [0.15, 0.2) is 33.8 Å². The molecule has 158 valence electrons. The molecular weight excluding hydrogens is 378 g/mol. The topological polar surface area (TPSA) is 83.7 Å². The third-order valence-corrected chi connectivity index (χ3v) is 6.08. The number of amides is 2. The monoisotopic (exact) mass is 407 g/mol.